The van der Waals surface area contributed by atoms with Gasteiger partial charge in [-0.3, -0.25) is 0 Å². The van der Waals surface area contributed by atoms with Gasteiger partial charge in [-0.05, 0) is 101 Å². The van der Waals surface area contributed by atoms with Gasteiger partial charge in [-0.15, -0.1) is 36.2 Å². The molecule has 0 amide bonds. The summed E-state index contributed by atoms with van der Waals surface area (Å²) in [4.78, 5) is 24.4. The van der Waals surface area contributed by atoms with Crippen molar-refractivity contribution in [3.63, 3.8) is 0 Å². The van der Waals surface area contributed by atoms with E-state index in [0.29, 0.717) is 17.6 Å². The van der Waals surface area contributed by atoms with E-state index in [4.69, 9.17) is 10.7 Å². The number of benzene rings is 1. The third-order valence-electron chi connectivity index (χ3n) is 7.40. The smallest absolute Gasteiger partial charge is 0.336 e. The second-order valence-corrected chi connectivity index (χ2v) is 11.6. The summed E-state index contributed by atoms with van der Waals surface area (Å²) in [5.41, 5.74) is 7.41. The normalized spacial score (nSPS) is 17.6. The molecule has 3 fully saturated rings. The van der Waals surface area contributed by atoms with Gasteiger partial charge in [0.25, 0.3) is 0 Å². The molecule has 208 valence electrons. The fourth-order valence-electron chi connectivity index (χ4n) is 4.87. The van der Waals surface area contributed by atoms with Crippen molar-refractivity contribution in [2.24, 2.45) is 11.7 Å². The Balaban J connectivity index is 0.000000612. The molecular weight excluding hydrogens is 541 g/mol. The van der Waals surface area contributed by atoms with E-state index in [1.807, 2.05) is 25.3 Å². The first-order valence-electron chi connectivity index (χ1n) is 13.3. The van der Waals surface area contributed by atoms with Gasteiger partial charge in [0, 0.05) is 34.9 Å². The Morgan fingerprint density at radius 3 is 2.50 bits per heavy atom. The van der Waals surface area contributed by atoms with Crippen molar-refractivity contribution < 1.29 is 9.90 Å². The summed E-state index contributed by atoms with van der Waals surface area (Å²) < 4.78 is 0.958. The van der Waals surface area contributed by atoms with E-state index in [1.54, 1.807) is 23.5 Å². The van der Waals surface area contributed by atoms with Crippen molar-refractivity contribution >= 4 is 58.2 Å². The minimum absolute atomic E-state index is 0. The SMILES string of the molecule is Cc1cnc(NCCCC2CCN(C3CC3)CC2)nc1-c1cc2c(C(=O)O)cccc2s1.Cl.Cl.NC1CC1. The average Bonchev–Trinajstić information content (AvgIpc) is 3.82. The number of nitrogens with one attached hydrogen (secondary N) is 1. The van der Waals surface area contributed by atoms with E-state index in [0.717, 1.165) is 51.1 Å². The Morgan fingerprint density at radius 2 is 1.87 bits per heavy atom. The number of fused-ring (bicyclic) bond motifs is 1. The Kier molecular flexibility index (Phi) is 11.2. The number of carboxylic acid groups (broad SMARTS) is 1. The number of aromatic carboxylic acids is 1. The molecule has 6 rings (SSSR count). The highest BCUT2D eigenvalue weighted by molar-refractivity contribution is 7.22. The molecule has 2 saturated carbocycles. The van der Waals surface area contributed by atoms with Crippen LogP contribution in [0.2, 0.25) is 0 Å². The molecule has 0 spiro atoms. The van der Waals surface area contributed by atoms with Crippen LogP contribution in [0.1, 0.15) is 67.3 Å². The monoisotopic (exact) mass is 579 g/mol. The Hall–Kier alpha value is -1.97. The summed E-state index contributed by atoms with van der Waals surface area (Å²) in [6.07, 6.45) is 12.3. The lowest BCUT2D eigenvalue weighted by Gasteiger charge is -2.32. The molecule has 0 atom stereocenters. The largest absolute Gasteiger partial charge is 0.478 e. The molecule has 4 N–H and O–H groups in total. The highest BCUT2D eigenvalue weighted by atomic mass is 35.5. The van der Waals surface area contributed by atoms with E-state index >= 15 is 0 Å². The van der Waals surface area contributed by atoms with Crippen LogP contribution in [0.5, 0.6) is 0 Å². The number of likely N-dealkylation sites (tertiary alicyclic amines) is 1. The van der Waals surface area contributed by atoms with Gasteiger partial charge in [0.15, 0.2) is 0 Å². The average molecular weight is 581 g/mol. The number of aromatic nitrogens is 2. The van der Waals surface area contributed by atoms with E-state index in [1.165, 1.54) is 58.0 Å². The third-order valence-corrected chi connectivity index (χ3v) is 8.51. The van der Waals surface area contributed by atoms with Crippen molar-refractivity contribution in [3.05, 3.63) is 41.6 Å². The number of anilines is 1. The van der Waals surface area contributed by atoms with Gasteiger partial charge in [0.1, 0.15) is 0 Å². The van der Waals surface area contributed by atoms with Gasteiger partial charge < -0.3 is 21.1 Å². The first-order chi connectivity index (χ1) is 17.5. The Labute approximate surface area is 241 Å². The summed E-state index contributed by atoms with van der Waals surface area (Å²) in [5.74, 6) is 0.591. The molecule has 0 radical (unpaired) electrons. The van der Waals surface area contributed by atoms with Gasteiger partial charge in [0.05, 0.1) is 16.1 Å². The quantitative estimate of drug-likeness (QED) is 0.266. The summed E-state index contributed by atoms with van der Waals surface area (Å²) >= 11 is 1.57. The predicted octanol–water partition coefficient (Wildman–Crippen LogP) is 6.38. The molecule has 38 heavy (non-hydrogen) atoms. The van der Waals surface area contributed by atoms with Crippen LogP contribution in [-0.2, 0) is 0 Å². The second kappa shape index (κ2) is 13.9. The second-order valence-electron chi connectivity index (χ2n) is 10.5. The number of hydrogen-bond acceptors (Lipinski definition) is 7. The number of carboxylic acids is 1. The molecule has 1 aromatic carbocycles. The van der Waals surface area contributed by atoms with Gasteiger partial charge in [0.2, 0.25) is 5.95 Å². The third kappa shape index (κ3) is 8.02. The molecule has 2 aliphatic carbocycles. The summed E-state index contributed by atoms with van der Waals surface area (Å²) in [5, 5.41) is 13.6. The molecular formula is C28H39Cl2N5O2S. The molecule has 7 nitrogen and oxygen atoms in total. The summed E-state index contributed by atoms with van der Waals surface area (Å²) in [6, 6.07) is 8.83. The van der Waals surface area contributed by atoms with Crippen LogP contribution in [-0.4, -0.2) is 57.7 Å². The number of nitrogens with two attached hydrogens (primary N) is 1. The van der Waals surface area contributed by atoms with Crippen LogP contribution in [0.25, 0.3) is 20.7 Å². The summed E-state index contributed by atoms with van der Waals surface area (Å²) in [7, 11) is 0. The van der Waals surface area contributed by atoms with Crippen LogP contribution in [0.15, 0.2) is 30.5 Å². The number of rotatable bonds is 8. The number of carbonyl (C=O) groups is 1. The lowest BCUT2D eigenvalue weighted by Crippen LogP contribution is -2.35. The van der Waals surface area contributed by atoms with E-state index in [9.17, 15) is 9.90 Å². The maximum absolute atomic E-state index is 11.6. The minimum atomic E-state index is -0.903. The minimum Gasteiger partial charge on any atom is -0.478 e. The van der Waals surface area contributed by atoms with Crippen LogP contribution in [0.3, 0.4) is 0 Å². The Morgan fingerprint density at radius 1 is 1.16 bits per heavy atom. The van der Waals surface area contributed by atoms with Crippen molar-refractivity contribution in [2.75, 3.05) is 25.0 Å². The lowest BCUT2D eigenvalue weighted by molar-refractivity contribution is 0.0699. The Bertz CT molecular complexity index is 1210. The van der Waals surface area contributed by atoms with Gasteiger partial charge in [-0.2, -0.15) is 0 Å². The number of halogens is 2. The number of piperidine rings is 1. The zero-order valence-corrected chi connectivity index (χ0v) is 24.3. The van der Waals surface area contributed by atoms with E-state index in [-0.39, 0.29) is 24.8 Å². The van der Waals surface area contributed by atoms with Crippen molar-refractivity contribution in [1.29, 1.82) is 0 Å². The van der Waals surface area contributed by atoms with Gasteiger partial charge in [-0.25, -0.2) is 14.8 Å². The van der Waals surface area contributed by atoms with Crippen molar-refractivity contribution in [2.45, 2.75) is 70.4 Å². The molecule has 3 aliphatic rings. The molecule has 2 aromatic heterocycles. The number of nitrogens with zero attached hydrogens (tertiary/aromatic N) is 3. The molecule has 3 heterocycles. The maximum atomic E-state index is 11.6. The molecule has 10 heteroatoms. The van der Waals surface area contributed by atoms with Gasteiger partial charge in [-0.1, -0.05) is 6.07 Å². The molecule has 3 aromatic rings. The van der Waals surface area contributed by atoms with Crippen LogP contribution in [0.4, 0.5) is 5.95 Å². The van der Waals surface area contributed by atoms with E-state index in [2.05, 4.69) is 15.2 Å². The first kappa shape index (κ1) is 30.6. The van der Waals surface area contributed by atoms with Crippen molar-refractivity contribution in [1.82, 2.24) is 14.9 Å². The topological polar surface area (TPSA) is 104 Å². The maximum Gasteiger partial charge on any atom is 0.336 e. The zero-order chi connectivity index (χ0) is 25.1. The predicted molar refractivity (Wildman–Crippen MR) is 161 cm³/mol. The fourth-order valence-corrected chi connectivity index (χ4v) is 6.02. The lowest BCUT2D eigenvalue weighted by atomic mass is 9.92. The molecule has 1 saturated heterocycles. The van der Waals surface area contributed by atoms with E-state index < -0.39 is 5.97 Å². The fraction of sp³-hybridized carbons (Fsp3) is 0.536. The standard InChI is InChI=1S/C25H30N4O2S.C3H7N.2ClH/c1-16-15-27-25(26-11-3-4-17-9-12-29(13-10-17)18-7-8-18)28-23(16)22-14-20-19(24(30)31)5-2-6-21(20)32-22;4-3-1-2-3;;/h2,5-6,14-15,17-18H,3-4,7-13H2,1H3,(H,30,31)(H,26,27,28);3H,1-2,4H2;2*1H. The molecule has 0 unspecified atom stereocenters. The van der Waals surface area contributed by atoms with Gasteiger partial charge >= 0.3 is 5.97 Å². The van der Waals surface area contributed by atoms with Crippen LogP contribution in [0, 0.1) is 12.8 Å². The number of aryl methyl sites for hydroxylation is 1. The van der Waals surface area contributed by atoms with Crippen molar-refractivity contribution in [3.8, 4) is 10.6 Å². The summed E-state index contributed by atoms with van der Waals surface area (Å²) in [6.45, 7) is 5.44. The molecule has 0 bridgehead atoms. The van der Waals surface area contributed by atoms with Crippen LogP contribution < -0.4 is 11.1 Å². The molecule has 1 aliphatic heterocycles. The van der Waals surface area contributed by atoms with Crippen LogP contribution >= 0.6 is 36.2 Å². The zero-order valence-electron chi connectivity index (χ0n) is 21.9. The highest BCUT2D eigenvalue weighted by Crippen LogP contribution is 2.36. The highest BCUT2D eigenvalue weighted by Gasteiger charge is 2.31. The first-order valence-corrected chi connectivity index (χ1v) is 14.1. The number of hydrogen-bond donors (Lipinski definition) is 3. The number of thiophene rings is 1.